The molecule has 0 unspecified atom stereocenters. The molecule has 8 nitrogen and oxygen atoms in total. The van der Waals surface area contributed by atoms with Crippen molar-refractivity contribution in [2.24, 2.45) is 18.1 Å². The van der Waals surface area contributed by atoms with Gasteiger partial charge in [-0.25, -0.2) is 9.89 Å². The van der Waals surface area contributed by atoms with Gasteiger partial charge in [0.15, 0.2) is 0 Å². The first-order valence-corrected chi connectivity index (χ1v) is 6.59. The Bertz CT molecular complexity index is 572. The summed E-state index contributed by atoms with van der Waals surface area (Å²) in [5.74, 6) is 0.693. The second-order valence-corrected chi connectivity index (χ2v) is 5.08. The number of aromatic amines is 1. The summed E-state index contributed by atoms with van der Waals surface area (Å²) in [6, 6.07) is 0. The highest BCUT2D eigenvalue weighted by Gasteiger charge is 2.28. The minimum absolute atomic E-state index is 0.190. The predicted octanol–water partition coefficient (Wildman–Crippen LogP) is -0.432. The summed E-state index contributed by atoms with van der Waals surface area (Å²) in [7, 11) is 1.63. The molecule has 1 aromatic heterocycles. The number of H-pyrrole nitrogens is 1. The summed E-state index contributed by atoms with van der Waals surface area (Å²) < 4.78 is 1.41. The molecule has 0 aromatic carbocycles. The van der Waals surface area contributed by atoms with Crippen molar-refractivity contribution in [2.45, 2.75) is 32.8 Å². The Hall–Kier alpha value is -2.12. The van der Waals surface area contributed by atoms with E-state index in [4.69, 9.17) is 4.84 Å². The lowest BCUT2D eigenvalue weighted by Crippen LogP contribution is -2.36. The lowest BCUT2D eigenvalue weighted by molar-refractivity contribution is -0.131. The normalized spacial score (nSPS) is 18.0. The van der Waals surface area contributed by atoms with Crippen molar-refractivity contribution in [1.29, 1.82) is 0 Å². The van der Waals surface area contributed by atoms with Gasteiger partial charge in [0.1, 0.15) is 5.82 Å². The van der Waals surface area contributed by atoms with Crippen molar-refractivity contribution in [3.05, 3.63) is 16.3 Å². The summed E-state index contributed by atoms with van der Waals surface area (Å²) >= 11 is 0. The van der Waals surface area contributed by atoms with Crippen LogP contribution in [-0.4, -0.2) is 39.0 Å². The Kier molecular flexibility index (Phi) is 4.21. The van der Waals surface area contributed by atoms with Crippen molar-refractivity contribution >= 4 is 11.6 Å². The van der Waals surface area contributed by atoms with E-state index in [1.807, 2.05) is 13.8 Å². The van der Waals surface area contributed by atoms with E-state index in [0.29, 0.717) is 25.2 Å². The molecule has 0 aliphatic carbocycles. The number of nitrogens with zero attached hydrogens (tertiary/aromatic N) is 3. The second-order valence-electron chi connectivity index (χ2n) is 5.08. The summed E-state index contributed by atoms with van der Waals surface area (Å²) in [6.45, 7) is 4.43. The van der Waals surface area contributed by atoms with E-state index >= 15 is 0 Å². The Morgan fingerprint density at radius 3 is 2.90 bits per heavy atom. The van der Waals surface area contributed by atoms with Gasteiger partial charge in [0.25, 0.3) is 5.91 Å². The van der Waals surface area contributed by atoms with Crippen molar-refractivity contribution in [1.82, 2.24) is 20.1 Å². The monoisotopic (exact) mass is 281 g/mol. The largest absolute Gasteiger partial charge is 0.382 e. The lowest BCUT2D eigenvalue weighted by atomic mass is 10.0. The van der Waals surface area contributed by atoms with Gasteiger partial charge >= 0.3 is 5.69 Å². The molecule has 1 amide bonds. The highest BCUT2D eigenvalue weighted by atomic mass is 16.6. The van der Waals surface area contributed by atoms with Crippen LogP contribution in [0.15, 0.2) is 9.95 Å². The number of nitrogens with one attached hydrogen (secondary N) is 2. The van der Waals surface area contributed by atoms with E-state index in [2.05, 4.69) is 20.7 Å². The maximum absolute atomic E-state index is 11.9. The molecular weight excluding hydrogens is 262 g/mol. The summed E-state index contributed by atoms with van der Waals surface area (Å²) in [4.78, 5) is 28.2. The fourth-order valence-corrected chi connectivity index (χ4v) is 1.89. The number of aromatic nitrogens is 3. The van der Waals surface area contributed by atoms with E-state index in [9.17, 15) is 9.59 Å². The molecule has 0 radical (unpaired) electrons. The minimum atomic E-state index is -0.546. The molecule has 0 bridgehead atoms. The maximum atomic E-state index is 11.9. The molecule has 0 saturated heterocycles. The Balaban J connectivity index is 1.77. The average molecular weight is 281 g/mol. The highest BCUT2D eigenvalue weighted by Crippen LogP contribution is 2.15. The molecule has 0 spiro atoms. The van der Waals surface area contributed by atoms with Gasteiger partial charge in [-0.05, 0) is 5.92 Å². The number of oxime groups is 1. The molecule has 0 saturated carbocycles. The predicted molar refractivity (Wildman–Crippen MR) is 72.3 cm³/mol. The summed E-state index contributed by atoms with van der Waals surface area (Å²) in [5.41, 5.74) is 0.639. The summed E-state index contributed by atoms with van der Waals surface area (Å²) in [5, 5.41) is 12.9. The maximum Gasteiger partial charge on any atom is 0.343 e. The van der Waals surface area contributed by atoms with Crippen molar-refractivity contribution < 1.29 is 9.63 Å². The van der Waals surface area contributed by atoms with Gasteiger partial charge in [-0.3, -0.25) is 9.36 Å². The Morgan fingerprint density at radius 2 is 2.35 bits per heavy atom. The van der Waals surface area contributed by atoms with Gasteiger partial charge in [-0.2, -0.15) is 5.10 Å². The zero-order valence-corrected chi connectivity index (χ0v) is 11.8. The molecule has 1 aromatic rings. The zero-order valence-electron chi connectivity index (χ0n) is 11.8. The molecule has 2 heterocycles. The van der Waals surface area contributed by atoms with Gasteiger partial charge < -0.3 is 10.2 Å². The van der Waals surface area contributed by atoms with Crippen LogP contribution in [0.1, 0.15) is 26.1 Å². The molecule has 8 heteroatoms. The van der Waals surface area contributed by atoms with Crippen LogP contribution in [-0.2, 0) is 23.1 Å². The molecule has 2 N–H and O–H groups in total. The second kappa shape index (κ2) is 5.89. The van der Waals surface area contributed by atoms with Crippen molar-refractivity contribution in [2.75, 3.05) is 6.54 Å². The molecule has 2 rings (SSSR count). The lowest BCUT2D eigenvalue weighted by Gasteiger charge is -2.09. The van der Waals surface area contributed by atoms with Gasteiger partial charge in [0.05, 0.1) is 5.71 Å². The molecule has 0 fully saturated rings. The van der Waals surface area contributed by atoms with Crippen molar-refractivity contribution in [3.63, 3.8) is 0 Å². The average Bonchev–Trinajstić information content (AvgIpc) is 3.01. The van der Waals surface area contributed by atoms with Crippen LogP contribution in [0.25, 0.3) is 0 Å². The number of carbonyl (C=O) groups excluding carboxylic acids is 1. The van der Waals surface area contributed by atoms with Gasteiger partial charge in [-0.1, -0.05) is 19.0 Å². The third-order valence-electron chi connectivity index (χ3n) is 3.27. The molecular formula is C12H19N5O3. The topological polar surface area (TPSA) is 101 Å². The third-order valence-corrected chi connectivity index (χ3v) is 3.27. The standard InChI is InChI=1S/C12H19N5O3/c1-7(2)8-6-9(20-16-8)11(18)13-5-4-10-14-15-12(19)17(10)3/h7,9H,4-6H2,1-3H3,(H,13,18)(H,15,19)/t9-/m0/s1. The van der Waals surface area contributed by atoms with E-state index in [1.165, 1.54) is 4.57 Å². The van der Waals surface area contributed by atoms with Crippen LogP contribution in [0.5, 0.6) is 0 Å². The van der Waals surface area contributed by atoms with E-state index in [-0.39, 0.29) is 17.5 Å². The quantitative estimate of drug-likeness (QED) is 0.764. The molecule has 1 aliphatic heterocycles. The van der Waals surface area contributed by atoms with Gasteiger partial charge in [0.2, 0.25) is 6.10 Å². The van der Waals surface area contributed by atoms with Gasteiger partial charge in [-0.15, -0.1) is 0 Å². The first kappa shape index (κ1) is 14.3. The first-order valence-electron chi connectivity index (χ1n) is 6.59. The highest BCUT2D eigenvalue weighted by molar-refractivity contribution is 5.93. The zero-order chi connectivity index (χ0) is 14.7. The number of hydrogen-bond acceptors (Lipinski definition) is 5. The molecule has 1 atom stereocenters. The molecule has 20 heavy (non-hydrogen) atoms. The number of amides is 1. The fourth-order valence-electron chi connectivity index (χ4n) is 1.89. The van der Waals surface area contributed by atoms with E-state index in [0.717, 1.165) is 5.71 Å². The smallest absolute Gasteiger partial charge is 0.343 e. The van der Waals surface area contributed by atoms with Crippen LogP contribution in [0.2, 0.25) is 0 Å². The van der Waals surface area contributed by atoms with Crippen LogP contribution in [0, 0.1) is 5.92 Å². The Labute approximate surface area is 116 Å². The van der Waals surface area contributed by atoms with Crippen LogP contribution in [0.3, 0.4) is 0 Å². The number of carbonyl (C=O) groups is 1. The minimum Gasteiger partial charge on any atom is -0.382 e. The van der Waals surface area contributed by atoms with Crippen LogP contribution in [0.4, 0.5) is 0 Å². The SMILES string of the molecule is CC(C)C1=NO[C@H](C(=O)NCCc2n[nH]c(=O)n2C)C1. The van der Waals surface area contributed by atoms with Crippen LogP contribution >= 0.6 is 0 Å². The Morgan fingerprint density at radius 1 is 1.60 bits per heavy atom. The molecule has 110 valence electrons. The van der Waals surface area contributed by atoms with Gasteiger partial charge in [0, 0.05) is 26.4 Å². The molecule has 1 aliphatic rings. The third kappa shape index (κ3) is 3.06. The van der Waals surface area contributed by atoms with Crippen LogP contribution < -0.4 is 11.0 Å². The van der Waals surface area contributed by atoms with E-state index < -0.39 is 6.10 Å². The van der Waals surface area contributed by atoms with Crippen molar-refractivity contribution in [3.8, 4) is 0 Å². The number of rotatable bonds is 5. The fraction of sp³-hybridized carbons (Fsp3) is 0.667. The first-order chi connectivity index (χ1) is 9.49. The number of hydrogen-bond donors (Lipinski definition) is 2. The summed E-state index contributed by atoms with van der Waals surface area (Å²) in [6.07, 6.45) is 0.464. The van der Waals surface area contributed by atoms with E-state index in [1.54, 1.807) is 7.05 Å².